The van der Waals surface area contributed by atoms with Crippen LogP contribution in [-0.2, 0) is 0 Å². The Bertz CT molecular complexity index is 165. The first kappa shape index (κ1) is 16.9. The fraction of sp³-hybridized carbons (Fsp3) is 1.00. The summed E-state index contributed by atoms with van der Waals surface area (Å²) in [7, 11) is 0. The summed E-state index contributed by atoms with van der Waals surface area (Å²) in [5, 5.41) is -1.44. The van der Waals surface area contributed by atoms with Gasteiger partial charge in [0.25, 0.3) is 0 Å². The summed E-state index contributed by atoms with van der Waals surface area (Å²) in [5.41, 5.74) is 0. The second-order valence-corrected chi connectivity index (χ2v) is 17.3. The van der Waals surface area contributed by atoms with Gasteiger partial charge in [0.2, 0.25) is 0 Å². The fourth-order valence-electron chi connectivity index (χ4n) is 2.43. The molecule has 16 heavy (non-hydrogen) atoms. The zero-order chi connectivity index (χ0) is 12.5. The summed E-state index contributed by atoms with van der Waals surface area (Å²) < 4.78 is 0. The van der Waals surface area contributed by atoms with Crippen LogP contribution in [0.1, 0.15) is 66.2 Å². The van der Waals surface area contributed by atoms with Gasteiger partial charge < -0.3 is 0 Å². The molecule has 100 valence electrons. The van der Waals surface area contributed by atoms with Crippen LogP contribution in [0, 0.1) is 0 Å². The summed E-state index contributed by atoms with van der Waals surface area (Å²) in [5.74, 6) is 0. The van der Waals surface area contributed by atoms with Gasteiger partial charge in [0, 0.05) is 0 Å². The van der Waals surface area contributed by atoms with Gasteiger partial charge >= 0.3 is 112 Å². The van der Waals surface area contributed by atoms with E-state index in [0.717, 1.165) is 0 Å². The molecule has 0 aromatic carbocycles. The standard InChI is InChI=1S/C14H32BrP/c1-5-9-10-11-12-13-14-16(15,6-2,7-3)8-4/h5-14H2,1-4H3. The molecule has 0 N–H and O–H groups in total. The average molecular weight is 311 g/mol. The van der Waals surface area contributed by atoms with Crippen molar-refractivity contribution >= 4 is 20.8 Å². The van der Waals surface area contributed by atoms with Crippen molar-refractivity contribution in [3.05, 3.63) is 0 Å². The van der Waals surface area contributed by atoms with Crippen LogP contribution in [0.2, 0.25) is 0 Å². The average Bonchev–Trinajstić information content (AvgIpc) is 2.34. The molecule has 0 bridgehead atoms. The van der Waals surface area contributed by atoms with Gasteiger partial charge in [-0.2, -0.15) is 0 Å². The number of hydrogen-bond acceptors (Lipinski definition) is 0. The van der Waals surface area contributed by atoms with E-state index in [0.29, 0.717) is 0 Å². The summed E-state index contributed by atoms with van der Waals surface area (Å²) >= 11 is 4.20. The molecule has 0 aliphatic carbocycles. The van der Waals surface area contributed by atoms with Gasteiger partial charge in [-0.05, 0) is 0 Å². The third kappa shape index (κ3) is 5.50. The van der Waals surface area contributed by atoms with E-state index < -0.39 is 5.31 Å². The Morgan fingerprint density at radius 3 is 1.56 bits per heavy atom. The molecule has 0 aromatic heterocycles. The van der Waals surface area contributed by atoms with Crippen molar-refractivity contribution in [2.45, 2.75) is 66.2 Å². The SMILES string of the molecule is CCCCCCCCP(Br)(CC)(CC)CC. The number of hydrogen-bond donors (Lipinski definition) is 0. The first-order chi connectivity index (χ1) is 7.54. The molecule has 0 heterocycles. The van der Waals surface area contributed by atoms with Crippen molar-refractivity contribution in [3.8, 4) is 0 Å². The molecule has 0 aliphatic heterocycles. The van der Waals surface area contributed by atoms with E-state index in [1.165, 1.54) is 63.2 Å². The number of halogens is 1. The van der Waals surface area contributed by atoms with Crippen molar-refractivity contribution in [1.82, 2.24) is 0 Å². The second kappa shape index (κ2) is 8.09. The Balaban J connectivity index is 3.87. The van der Waals surface area contributed by atoms with Gasteiger partial charge in [-0.25, -0.2) is 0 Å². The molecule has 0 fully saturated rings. The molecule has 2 heteroatoms. The molecular formula is C14H32BrP. The predicted octanol–water partition coefficient (Wildman–Crippen LogP) is 6.27. The molecule has 0 rings (SSSR count). The van der Waals surface area contributed by atoms with E-state index in [2.05, 4.69) is 43.2 Å². The maximum atomic E-state index is 4.20. The first-order valence-corrected chi connectivity index (χ1v) is 12.3. The maximum absolute atomic E-state index is 4.20. The van der Waals surface area contributed by atoms with Crippen LogP contribution in [0.3, 0.4) is 0 Å². The molecule has 0 unspecified atom stereocenters. The molecule has 0 radical (unpaired) electrons. The molecule has 0 saturated heterocycles. The van der Waals surface area contributed by atoms with Gasteiger partial charge in [-0.15, -0.1) is 0 Å². The third-order valence-electron chi connectivity index (χ3n) is 4.44. The van der Waals surface area contributed by atoms with Gasteiger partial charge in [0.15, 0.2) is 0 Å². The normalized spacial score (nSPS) is 14.7. The third-order valence-corrected chi connectivity index (χ3v) is 16.2. The van der Waals surface area contributed by atoms with Gasteiger partial charge in [0.1, 0.15) is 0 Å². The Morgan fingerprint density at radius 1 is 0.688 bits per heavy atom. The van der Waals surface area contributed by atoms with Gasteiger partial charge in [-0.3, -0.25) is 0 Å². The molecule has 0 aromatic rings. The summed E-state index contributed by atoms with van der Waals surface area (Å²) in [6, 6.07) is 0. The van der Waals surface area contributed by atoms with Crippen LogP contribution in [0.5, 0.6) is 0 Å². The van der Waals surface area contributed by atoms with Crippen molar-refractivity contribution < 1.29 is 0 Å². The second-order valence-electron chi connectivity index (χ2n) is 5.26. The Morgan fingerprint density at radius 2 is 1.12 bits per heavy atom. The van der Waals surface area contributed by atoms with Crippen LogP contribution < -0.4 is 0 Å². The minimum atomic E-state index is -1.44. The number of unbranched alkanes of at least 4 members (excludes halogenated alkanes) is 5. The van der Waals surface area contributed by atoms with Crippen LogP contribution in [0.15, 0.2) is 0 Å². The van der Waals surface area contributed by atoms with Crippen LogP contribution >= 0.6 is 20.8 Å². The molecule has 0 spiro atoms. The Kier molecular flexibility index (Phi) is 8.55. The fourth-order valence-corrected chi connectivity index (χ4v) is 6.49. The van der Waals surface area contributed by atoms with E-state index in [-0.39, 0.29) is 0 Å². The Labute approximate surface area is 112 Å². The van der Waals surface area contributed by atoms with E-state index in [1.54, 1.807) is 0 Å². The van der Waals surface area contributed by atoms with Crippen LogP contribution in [0.4, 0.5) is 0 Å². The van der Waals surface area contributed by atoms with Crippen molar-refractivity contribution in [2.75, 3.05) is 24.6 Å². The predicted molar refractivity (Wildman–Crippen MR) is 85.7 cm³/mol. The van der Waals surface area contributed by atoms with Crippen molar-refractivity contribution in [1.29, 1.82) is 0 Å². The van der Waals surface area contributed by atoms with Crippen LogP contribution in [-0.4, -0.2) is 24.6 Å². The van der Waals surface area contributed by atoms with Crippen LogP contribution in [0.25, 0.3) is 0 Å². The molecular weight excluding hydrogens is 279 g/mol. The zero-order valence-electron chi connectivity index (χ0n) is 11.9. The monoisotopic (exact) mass is 310 g/mol. The molecule has 0 amide bonds. The molecule has 0 nitrogen and oxygen atoms in total. The van der Waals surface area contributed by atoms with Crippen molar-refractivity contribution in [2.24, 2.45) is 0 Å². The molecule has 0 aliphatic rings. The number of rotatable bonds is 10. The zero-order valence-corrected chi connectivity index (χ0v) is 14.4. The Hall–Kier alpha value is 0.910. The quantitative estimate of drug-likeness (QED) is 0.329. The minimum absolute atomic E-state index is 1.36. The molecule has 0 atom stereocenters. The van der Waals surface area contributed by atoms with Gasteiger partial charge in [0.05, 0.1) is 0 Å². The summed E-state index contributed by atoms with van der Waals surface area (Å²) in [6.45, 7) is 9.44. The van der Waals surface area contributed by atoms with Crippen molar-refractivity contribution in [3.63, 3.8) is 0 Å². The summed E-state index contributed by atoms with van der Waals surface area (Å²) in [6.07, 6.45) is 14.2. The van der Waals surface area contributed by atoms with E-state index >= 15 is 0 Å². The summed E-state index contributed by atoms with van der Waals surface area (Å²) in [4.78, 5) is 0. The van der Waals surface area contributed by atoms with E-state index in [4.69, 9.17) is 0 Å². The van der Waals surface area contributed by atoms with E-state index in [1.807, 2.05) is 0 Å². The molecule has 0 saturated carbocycles. The van der Waals surface area contributed by atoms with Gasteiger partial charge in [-0.1, -0.05) is 0 Å². The topological polar surface area (TPSA) is 0 Å². The first-order valence-electron chi connectivity index (χ1n) is 7.26. The van der Waals surface area contributed by atoms with E-state index in [9.17, 15) is 0 Å².